The van der Waals surface area contributed by atoms with Crippen LogP contribution in [0, 0.1) is 16.0 Å². The van der Waals surface area contributed by atoms with Crippen LogP contribution in [0.2, 0.25) is 0 Å². The van der Waals surface area contributed by atoms with Crippen LogP contribution in [0.25, 0.3) is 0 Å². The fraction of sp³-hybridized carbons (Fsp3) is 0.786. The van der Waals surface area contributed by atoms with E-state index in [1.165, 1.54) is 12.8 Å². The van der Waals surface area contributed by atoms with E-state index in [0.29, 0.717) is 17.6 Å². The molecule has 0 aromatic carbocycles. The Balaban J connectivity index is 2.24. The van der Waals surface area contributed by atoms with Gasteiger partial charge >= 0.3 is 5.69 Å². The van der Waals surface area contributed by atoms with Crippen LogP contribution in [-0.2, 0) is 7.05 Å². The lowest BCUT2D eigenvalue weighted by Crippen LogP contribution is -2.26. The molecule has 6 nitrogen and oxygen atoms in total. The summed E-state index contributed by atoms with van der Waals surface area (Å²) >= 11 is 0. The Kier molecular flexibility index (Phi) is 4.30. The first-order chi connectivity index (χ1) is 9.40. The van der Waals surface area contributed by atoms with E-state index in [-0.39, 0.29) is 16.5 Å². The maximum Gasteiger partial charge on any atom is 0.334 e. The topological polar surface area (TPSA) is 73.0 Å². The van der Waals surface area contributed by atoms with E-state index in [9.17, 15) is 10.1 Å². The minimum atomic E-state index is -0.309. The maximum atomic E-state index is 11.4. The third-order valence-corrected chi connectivity index (χ3v) is 4.13. The molecule has 0 aliphatic heterocycles. The molecular weight excluding hydrogens is 256 g/mol. The molecule has 6 heteroatoms. The highest BCUT2D eigenvalue weighted by Gasteiger charge is 2.30. The molecule has 1 aliphatic carbocycles. The normalized spacial score (nSPS) is 23.1. The van der Waals surface area contributed by atoms with Crippen LogP contribution in [0.5, 0.6) is 0 Å². The predicted molar refractivity (Wildman–Crippen MR) is 79.0 cm³/mol. The molecule has 2 rings (SSSR count). The maximum absolute atomic E-state index is 11.4. The van der Waals surface area contributed by atoms with Crippen molar-refractivity contribution in [2.24, 2.45) is 13.0 Å². The summed E-state index contributed by atoms with van der Waals surface area (Å²) < 4.78 is 1.62. The molecule has 1 fully saturated rings. The molecule has 20 heavy (non-hydrogen) atoms. The van der Waals surface area contributed by atoms with Gasteiger partial charge in [0.15, 0.2) is 0 Å². The van der Waals surface area contributed by atoms with Gasteiger partial charge in [-0.2, -0.15) is 5.10 Å². The number of rotatable bonds is 4. The van der Waals surface area contributed by atoms with Crippen molar-refractivity contribution in [3.63, 3.8) is 0 Å². The lowest BCUT2D eigenvalue weighted by Gasteiger charge is -2.27. The van der Waals surface area contributed by atoms with Crippen LogP contribution in [-0.4, -0.2) is 20.7 Å². The van der Waals surface area contributed by atoms with E-state index in [1.54, 1.807) is 11.7 Å². The summed E-state index contributed by atoms with van der Waals surface area (Å²) in [7, 11) is 1.77. The van der Waals surface area contributed by atoms with E-state index >= 15 is 0 Å². The SMILES string of the molecule is CC1CCC(Nc2c([N+](=O)[O-])c(C(C)C)nn2C)CC1. The van der Waals surface area contributed by atoms with E-state index in [2.05, 4.69) is 17.3 Å². The van der Waals surface area contributed by atoms with Gasteiger partial charge in [0.25, 0.3) is 0 Å². The smallest absolute Gasteiger partial charge is 0.334 e. The van der Waals surface area contributed by atoms with Gasteiger partial charge in [-0.3, -0.25) is 10.1 Å². The zero-order chi connectivity index (χ0) is 14.9. The van der Waals surface area contributed by atoms with Gasteiger partial charge in [0.1, 0.15) is 5.69 Å². The molecule has 1 heterocycles. The van der Waals surface area contributed by atoms with E-state index in [0.717, 1.165) is 18.8 Å². The van der Waals surface area contributed by atoms with Crippen molar-refractivity contribution >= 4 is 11.5 Å². The molecule has 1 aliphatic rings. The molecule has 0 bridgehead atoms. The van der Waals surface area contributed by atoms with Crippen LogP contribution in [0.4, 0.5) is 11.5 Å². The molecule has 0 atom stereocenters. The third kappa shape index (κ3) is 2.94. The Bertz CT molecular complexity index is 488. The van der Waals surface area contributed by atoms with Crippen molar-refractivity contribution in [1.29, 1.82) is 0 Å². The summed E-state index contributed by atoms with van der Waals surface area (Å²) in [5.74, 6) is 1.36. The molecule has 1 aromatic heterocycles. The van der Waals surface area contributed by atoms with Crippen molar-refractivity contribution in [2.45, 2.75) is 58.4 Å². The molecule has 112 valence electrons. The molecule has 0 unspecified atom stereocenters. The van der Waals surface area contributed by atoms with Crippen molar-refractivity contribution in [3.8, 4) is 0 Å². The first kappa shape index (κ1) is 14.8. The van der Waals surface area contributed by atoms with Gasteiger partial charge in [-0.15, -0.1) is 0 Å². The van der Waals surface area contributed by atoms with Gasteiger partial charge in [0, 0.05) is 19.0 Å². The molecular formula is C14H24N4O2. The second-order valence-corrected chi connectivity index (χ2v) is 6.22. The molecule has 0 amide bonds. The van der Waals surface area contributed by atoms with Gasteiger partial charge in [-0.05, 0) is 31.6 Å². The van der Waals surface area contributed by atoms with Crippen molar-refractivity contribution in [1.82, 2.24) is 9.78 Å². The Morgan fingerprint density at radius 1 is 1.35 bits per heavy atom. The Morgan fingerprint density at radius 3 is 2.45 bits per heavy atom. The monoisotopic (exact) mass is 280 g/mol. The van der Waals surface area contributed by atoms with E-state index in [1.807, 2.05) is 13.8 Å². The zero-order valence-electron chi connectivity index (χ0n) is 12.7. The van der Waals surface area contributed by atoms with Gasteiger partial charge in [0.05, 0.1) is 4.92 Å². The first-order valence-corrected chi connectivity index (χ1v) is 7.38. The number of anilines is 1. The largest absolute Gasteiger partial charge is 0.362 e. The number of nitrogens with zero attached hydrogens (tertiary/aromatic N) is 3. The first-order valence-electron chi connectivity index (χ1n) is 7.38. The average Bonchev–Trinajstić information content (AvgIpc) is 2.70. The van der Waals surface area contributed by atoms with Gasteiger partial charge < -0.3 is 5.32 Å². The quantitative estimate of drug-likeness (QED) is 0.677. The number of aromatic nitrogens is 2. The molecule has 1 N–H and O–H groups in total. The van der Waals surface area contributed by atoms with E-state index in [4.69, 9.17) is 0 Å². The number of hydrogen-bond donors (Lipinski definition) is 1. The fourth-order valence-corrected chi connectivity index (χ4v) is 2.86. The van der Waals surface area contributed by atoms with E-state index < -0.39 is 0 Å². The minimum Gasteiger partial charge on any atom is -0.362 e. The summed E-state index contributed by atoms with van der Waals surface area (Å²) in [5.41, 5.74) is 0.699. The third-order valence-electron chi connectivity index (χ3n) is 4.13. The van der Waals surface area contributed by atoms with Gasteiger partial charge in [-0.25, -0.2) is 4.68 Å². The summed E-state index contributed by atoms with van der Waals surface area (Å²) in [4.78, 5) is 11.1. The average molecular weight is 280 g/mol. The Labute approximate surface area is 119 Å². The van der Waals surface area contributed by atoms with Crippen molar-refractivity contribution in [2.75, 3.05) is 5.32 Å². The molecule has 1 saturated carbocycles. The highest BCUT2D eigenvalue weighted by molar-refractivity contribution is 5.61. The van der Waals surface area contributed by atoms with Crippen molar-refractivity contribution in [3.05, 3.63) is 15.8 Å². The highest BCUT2D eigenvalue weighted by atomic mass is 16.6. The predicted octanol–water partition coefficient (Wildman–Crippen LogP) is 3.44. The summed E-state index contributed by atoms with van der Waals surface area (Å²) in [5, 5.41) is 19.0. The fourth-order valence-electron chi connectivity index (χ4n) is 2.86. The summed E-state index contributed by atoms with van der Waals surface area (Å²) in [6.07, 6.45) is 4.50. The lowest BCUT2D eigenvalue weighted by atomic mass is 9.87. The Hall–Kier alpha value is -1.59. The zero-order valence-corrected chi connectivity index (χ0v) is 12.7. The van der Waals surface area contributed by atoms with Gasteiger partial charge in [-0.1, -0.05) is 20.8 Å². The number of hydrogen-bond acceptors (Lipinski definition) is 4. The van der Waals surface area contributed by atoms with Crippen LogP contribution in [0.1, 0.15) is 58.1 Å². The molecule has 0 spiro atoms. The highest BCUT2D eigenvalue weighted by Crippen LogP contribution is 2.35. The second-order valence-electron chi connectivity index (χ2n) is 6.22. The van der Waals surface area contributed by atoms with Crippen molar-refractivity contribution < 1.29 is 4.92 Å². The van der Waals surface area contributed by atoms with Gasteiger partial charge in [0.2, 0.25) is 5.82 Å². The van der Waals surface area contributed by atoms with Crippen LogP contribution < -0.4 is 5.32 Å². The van der Waals surface area contributed by atoms with Crippen LogP contribution in [0.15, 0.2) is 0 Å². The Morgan fingerprint density at radius 2 is 1.95 bits per heavy atom. The minimum absolute atomic E-state index is 0.0449. The molecule has 0 saturated heterocycles. The second kappa shape index (κ2) is 5.81. The lowest BCUT2D eigenvalue weighted by molar-refractivity contribution is -0.384. The molecule has 0 radical (unpaired) electrons. The standard InChI is InChI=1S/C14H24N4O2/c1-9(2)12-13(18(19)20)14(17(4)16-12)15-11-7-5-10(3)6-8-11/h9-11,15H,5-8H2,1-4H3. The van der Waals surface area contributed by atoms with Crippen LogP contribution in [0.3, 0.4) is 0 Å². The number of aryl methyl sites for hydroxylation is 1. The summed E-state index contributed by atoms with van der Waals surface area (Å²) in [6.45, 7) is 6.13. The molecule has 1 aromatic rings. The number of nitro groups is 1. The number of nitrogens with one attached hydrogen (secondary N) is 1. The summed E-state index contributed by atoms with van der Waals surface area (Å²) in [6, 6.07) is 0.320. The van der Waals surface area contributed by atoms with Crippen LogP contribution >= 0.6 is 0 Å².